The van der Waals surface area contributed by atoms with E-state index in [-0.39, 0.29) is 36.5 Å². The highest BCUT2D eigenvalue weighted by atomic mass is 16.6. The van der Waals surface area contributed by atoms with Gasteiger partial charge in [0.15, 0.2) is 18.1 Å². The zero-order valence-corrected chi connectivity index (χ0v) is 14.2. The van der Waals surface area contributed by atoms with E-state index < -0.39 is 5.97 Å². The van der Waals surface area contributed by atoms with Gasteiger partial charge in [0.05, 0.1) is 6.54 Å². The first-order valence-electron chi connectivity index (χ1n) is 8.15. The lowest BCUT2D eigenvalue weighted by Crippen LogP contribution is -2.42. The minimum Gasteiger partial charge on any atom is -0.486 e. The second-order valence-corrected chi connectivity index (χ2v) is 5.90. The molecule has 2 aromatic rings. The van der Waals surface area contributed by atoms with E-state index in [1.54, 1.807) is 18.2 Å². The number of hydrogen-bond acceptors (Lipinski definition) is 5. The molecule has 2 aromatic carbocycles. The lowest BCUT2D eigenvalue weighted by atomic mass is 10.1. The molecule has 0 saturated heterocycles. The summed E-state index contributed by atoms with van der Waals surface area (Å²) in [6.07, 6.45) is -0.303. The Labute approximate surface area is 150 Å². The first-order chi connectivity index (χ1) is 12.5. The van der Waals surface area contributed by atoms with E-state index in [1.165, 1.54) is 6.07 Å². The van der Waals surface area contributed by atoms with Crippen molar-refractivity contribution in [2.45, 2.75) is 13.0 Å². The van der Waals surface area contributed by atoms with Crippen molar-refractivity contribution in [3.8, 4) is 17.2 Å². The van der Waals surface area contributed by atoms with Gasteiger partial charge in [-0.15, -0.1) is 0 Å². The van der Waals surface area contributed by atoms with E-state index in [1.807, 2.05) is 25.1 Å². The van der Waals surface area contributed by atoms with Crippen LogP contribution in [0.15, 0.2) is 42.5 Å². The average Bonchev–Trinajstić information content (AvgIpc) is 2.64. The first kappa shape index (κ1) is 17.6. The van der Waals surface area contributed by atoms with E-state index in [4.69, 9.17) is 19.3 Å². The summed E-state index contributed by atoms with van der Waals surface area (Å²) in [5, 5.41) is 11.9. The van der Waals surface area contributed by atoms with Crippen LogP contribution in [0.5, 0.6) is 17.2 Å². The van der Waals surface area contributed by atoms with E-state index in [2.05, 4.69) is 5.32 Å². The number of aryl methyl sites for hydroxylation is 1. The second-order valence-electron chi connectivity index (χ2n) is 5.90. The Hall–Kier alpha value is -3.22. The van der Waals surface area contributed by atoms with Crippen LogP contribution in [0.2, 0.25) is 0 Å². The van der Waals surface area contributed by atoms with Gasteiger partial charge in [0, 0.05) is 0 Å². The normalized spacial score (nSPS) is 15.2. The highest BCUT2D eigenvalue weighted by molar-refractivity contribution is 5.91. The molecule has 1 aliphatic rings. The van der Waals surface area contributed by atoms with Gasteiger partial charge in [-0.3, -0.25) is 4.79 Å². The molecular weight excluding hydrogens is 338 g/mol. The third-order valence-corrected chi connectivity index (χ3v) is 3.82. The van der Waals surface area contributed by atoms with Crippen LogP contribution in [0.4, 0.5) is 0 Å². The monoisotopic (exact) mass is 357 g/mol. The fourth-order valence-electron chi connectivity index (χ4n) is 2.51. The van der Waals surface area contributed by atoms with Gasteiger partial charge in [-0.25, -0.2) is 4.79 Å². The molecule has 1 heterocycles. The van der Waals surface area contributed by atoms with Gasteiger partial charge in [0.1, 0.15) is 24.0 Å². The molecule has 0 bridgehead atoms. The number of aromatic carboxylic acids is 1. The number of carbonyl (C=O) groups excluding carboxylic acids is 1. The number of para-hydroxylation sites is 2. The van der Waals surface area contributed by atoms with Crippen molar-refractivity contribution in [1.82, 2.24) is 5.32 Å². The standard InChI is InChI=1S/C19H19NO6/c1-12-6-7-14(19(22)23)17(8-12)25-11-18(21)20-9-13-10-24-15-4-2-3-5-16(15)26-13/h2-8,13H,9-11H2,1H3,(H,20,21)(H,22,23). The van der Waals surface area contributed by atoms with Gasteiger partial charge in [-0.1, -0.05) is 18.2 Å². The molecule has 2 N–H and O–H groups in total. The van der Waals surface area contributed by atoms with Crippen LogP contribution < -0.4 is 19.5 Å². The summed E-state index contributed by atoms with van der Waals surface area (Å²) >= 11 is 0. The molecular formula is C19H19NO6. The minimum atomic E-state index is -1.10. The molecule has 1 atom stereocenters. The number of carboxylic acids is 1. The van der Waals surface area contributed by atoms with Crippen molar-refractivity contribution >= 4 is 11.9 Å². The van der Waals surface area contributed by atoms with Crippen molar-refractivity contribution in [3.63, 3.8) is 0 Å². The third-order valence-electron chi connectivity index (χ3n) is 3.82. The highest BCUT2D eigenvalue weighted by Crippen LogP contribution is 2.30. The maximum absolute atomic E-state index is 12.0. The number of carbonyl (C=O) groups is 2. The molecule has 136 valence electrons. The van der Waals surface area contributed by atoms with E-state index in [9.17, 15) is 9.59 Å². The van der Waals surface area contributed by atoms with Crippen molar-refractivity contribution in [3.05, 3.63) is 53.6 Å². The molecule has 7 heteroatoms. The largest absolute Gasteiger partial charge is 0.486 e. The van der Waals surface area contributed by atoms with Crippen molar-refractivity contribution in [2.75, 3.05) is 19.8 Å². The molecule has 1 unspecified atom stereocenters. The summed E-state index contributed by atoms with van der Waals surface area (Å²) in [6.45, 7) is 2.13. The number of amides is 1. The average molecular weight is 357 g/mol. The molecule has 3 rings (SSSR count). The fraction of sp³-hybridized carbons (Fsp3) is 0.263. The molecule has 1 aliphatic heterocycles. The van der Waals surface area contributed by atoms with Crippen LogP contribution in [0, 0.1) is 6.92 Å². The lowest BCUT2D eigenvalue weighted by molar-refractivity contribution is -0.123. The third kappa shape index (κ3) is 4.24. The maximum Gasteiger partial charge on any atom is 0.339 e. The molecule has 0 saturated carbocycles. The topological polar surface area (TPSA) is 94.1 Å². The van der Waals surface area contributed by atoms with Crippen molar-refractivity contribution in [2.24, 2.45) is 0 Å². The van der Waals surface area contributed by atoms with Gasteiger partial charge >= 0.3 is 5.97 Å². The maximum atomic E-state index is 12.0. The Kier molecular flexibility index (Phi) is 5.26. The summed E-state index contributed by atoms with van der Waals surface area (Å²) in [5.74, 6) is 0.00938. The van der Waals surface area contributed by atoms with E-state index >= 15 is 0 Å². The molecule has 26 heavy (non-hydrogen) atoms. The van der Waals surface area contributed by atoms with Crippen molar-refractivity contribution in [1.29, 1.82) is 0 Å². The molecule has 1 amide bonds. The summed E-state index contributed by atoms with van der Waals surface area (Å²) in [5.41, 5.74) is 0.862. The Balaban J connectivity index is 1.50. The second kappa shape index (κ2) is 7.77. The number of nitrogens with one attached hydrogen (secondary N) is 1. The Morgan fingerprint density at radius 3 is 2.77 bits per heavy atom. The summed E-state index contributed by atoms with van der Waals surface area (Å²) in [6, 6.07) is 12.0. The number of hydrogen-bond donors (Lipinski definition) is 2. The summed E-state index contributed by atoms with van der Waals surface area (Å²) < 4.78 is 16.7. The van der Waals surface area contributed by atoms with Gasteiger partial charge in [0.25, 0.3) is 5.91 Å². The molecule has 0 fully saturated rings. The summed E-state index contributed by atoms with van der Waals surface area (Å²) in [7, 11) is 0. The number of ether oxygens (including phenoxy) is 3. The Morgan fingerprint density at radius 1 is 1.23 bits per heavy atom. The molecule has 7 nitrogen and oxygen atoms in total. The van der Waals surface area contributed by atoms with Gasteiger partial charge < -0.3 is 24.6 Å². The lowest BCUT2D eigenvalue weighted by Gasteiger charge is -2.26. The predicted molar refractivity (Wildman–Crippen MR) is 93.0 cm³/mol. The van der Waals surface area contributed by atoms with Crippen LogP contribution in [0.25, 0.3) is 0 Å². The zero-order valence-electron chi connectivity index (χ0n) is 14.2. The van der Waals surface area contributed by atoms with Crippen LogP contribution >= 0.6 is 0 Å². The van der Waals surface area contributed by atoms with Crippen LogP contribution in [-0.4, -0.2) is 42.8 Å². The van der Waals surface area contributed by atoms with Crippen LogP contribution in [0.3, 0.4) is 0 Å². The predicted octanol–water partition coefficient (Wildman–Crippen LogP) is 2.03. The molecule has 0 radical (unpaired) electrons. The molecule has 0 aliphatic carbocycles. The first-order valence-corrected chi connectivity index (χ1v) is 8.15. The number of carboxylic acid groups (broad SMARTS) is 1. The quantitative estimate of drug-likeness (QED) is 0.822. The summed E-state index contributed by atoms with van der Waals surface area (Å²) in [4.78, 5) is 23.2. The van der Waals surface area contributed by atoms with E-state index in [0.29, 0.717) is 18.1 Å². The van der Waals surface area contributed by atoms with Gasteiger partial charge in [-0.05, 0) is 36.8 Å². The number of fused-ring (bicyclic) bond motifs is 1. The number of benzene rings is 2. The van der Waals surface area contributed by atoms with Crippen molar-refractivity contribution < 1.29 is 28.9 Å². The van der Waals surface area contributed by atoms with Crippen LogP contribution in [0.1, 0.15) is 15.9 Å². The zero-order chi connectivity index (χ0) is 18.5. The Bertz CT molecular complexity index is 819. The highest BCUT2D eigenvalue weighted by Gasteiger charge is 2.21. The fourth-order valence-corrected chi connectivity index (χ4v) is 2.51. The molecule has 0 spiro atoms. The van der Waals surface area contributed by atoms with Crippen LogP contribution in [-0.2, 0) is 4.79 Å². The van der Waals surface area contributed by atoms with E-state index in [0.717, 1.165) is 5.56 Å². The minimum absolute atomic E-state index is 0.0176. The Morgan fingerprint density at radius 2 is 2.00 bits per heavy atom. The van der Waals surface area contributed by atoms with Gasteiger partial charge in [0.2, 0.25) is 0 Å². The molecule has 0 aromatic heterocycles. The smallest absolute Gasteiger partial charge is 0.339 e. The van der Waals surface area contributed by atoms with Gasteiger partial charge in [-0.2, -0.15) is 0 Å². The number of rotatable bonds is 6. The SMILES string of the molecule is Cc1ccc(C(=O)O)c(OCC(=O)NCC2COc3ccccc3O2)c1.